The van der Waals surface area contributed by atoms with E-state index in [1.807, 2.05) is 18.7 Å². The minimum Gasteiger partial charge on any atom is -0.350 e. The van der Waals surface area contributed by atoms with E-state index in [4.69, 9.17) is 11.6 Å². The Balaban J connectivity index is 1.74. The second-order valence-electron chi connectivity index (χ2n) is 8.86. The molecule has 0 spiro atoms. The minimum absolute atomic E-state index is 0.108. The lowest BCUT2D eigenvalue weighted by Gasteiger charge is -2.41. The summed E-state index contributed by atoms with van der Waals surface area (Å²) in [7, 11) is 0. The smallest absolute Gasteiger partial charge is 0.350 e. The first-order valence-electron chi connectivity index (χ1n) is 11.3. The highest BCUT2D eigenvalue weighted by molar-refractivity contribution is 7.99. The molecule has 0 N–H and O–H groups in total. The number of anilines is 1. The first-order chi connectivity index (χ1) is 16.7. The van der Waals surface area contributed by atoms with Gasteiger partial charge in [-0.05, 0) is 38.1 Å². The molecule has 2 aromatic carbocycles. The highest BCUT2D eigenvalue weighted by Gasteiger charge is 2.32. The van der Waals surface area contributed by atoms with E-state index in [0.717, 1.165) is 6.07 Å². The van der Waals surface area contributed by atoms with Crippen LogP contribution in [0.1, 0.15) is 19.9 Å². The molecule has 2 aliphatic heterocycles. The number of benzene rings is 2. The van der Waals surface area contributed by atoms with Gasteiger partial charge in [0.15, 0.2) is 0 Å². The molecule has 1 aromatic heterocycles. The number of carbonyl (C=O) groups excluding carboxylic acids is 1. The normalized spacial score (nSPS) is 19.8. The summed E-state index contributed by atoms with van der Waals surface area (Å²) < 4.78 is 30.1. The quantitative estimate of drug-likeness (QED) is 0.464. The summed E-state index contributed by atoms with van der Waals surface area (Å²) in [6.07, 6.45) is 1.30. The van der Waals surface area contributed by atoms with Crippen molar-refractivity contribution >= 4 is 46.0 Å². The van der Waals surface area contributed by atoms with Gasteiger partial charge in [-0.1, -0.05) is 18.2 Å². The van der Waals surface area contributed by atoms with Crippen molar-refractivity contribution in [3.63, 3.8) is 0 Å². The summed E-state index contributed by atoms with van der Waals surface area (Å²) in [6, 6.07) is 4.87. The van der Waals surface area contributed by atoms with Crippen LogP contribution in [0.3, 0.4) is 0 Å². The maximum atomic E-state index is 14.8. The molecule has 0 radical (unpaired) electrons. The van der Waals surface area contributed by atoms with Crippen molar-refractivity contribution in [2.24, 2.45) is 0 Å². The van der Waals surface area contributed by atoms with Crippen molar-refractivity contribution in [2.45, 2.75) is 30.8 Å². The molecule has 6 nitrogen and oxygen atoms in total. The topological polar surface area (TPSA) is 58.4 Å². The predicted octanol–water partition coefficient (Wildman–Crippen LogP) is 4.88. The van der Waals surface area contributed by atoms with Gasteiger partial charge in [0.2, 0.25) is 5.91 Å². The Morgan fingerprint density at radius 1 is 1.23 bits per heavy atom. The number of nitrogens with zero attached hydrogens (tertiary/aromatic N) is 4. The Labute approximate surface area is 210 Å². The van der Waals surface area contributed by atoms with Gasteiger partial charge in [-0.3, -0.25) is 9.36 Å². The standard InChI is InChI=1S/C25H23ClF2N4O2S/c1-4-20(33)30-7-8-31(13(2)11-30)24-17-10-18(26)21(16-6-5-15(27)9-19(16)28)23-22(17)32(25(34)29-24)14(3)12-35-23/h4-6,9-10,13-14H,1,7-8,11-12H2,2-3H3/t13-,14+/m0/s1. The van der Waals surface area contributed by atoms with Crippen molar-refractivity contribution in [3.05, 3.63) is 64.1 Å². The lowest BCUT2D eigenvalue weighted by molar-refractivity contribution is -0.126. The van der Waals surface area contributed by atoms with Gasteiger partial charge in [-0.2, -0.15) is 4.98 Å². The average molecular weight is 517 g/mol. The van der Waals surface area contributed by atoms with Crippen LogP contribution in [-0.2, 0) is 4.79 Å². The summed E-state index contributed by atoms with van der Waals surface area (Å²) in [6.45, 7) is 8.87. The van der Waals surface area contributed by atoms with Crippen LogP contribution < -0.4 is 10.6 Å². The van der Waals surface area contributed by atoms with E-state index in [1.54, 1.807) is 15.5 Å². The average Bonchev–Trinajstić information content (AvgIpc) is 2.82. The maximum Gasteiger partial charge on any atom is 0.350 e. The van der Waals surface area contributed by atoms with Gasteiger partial charge < -0.3 is 9.80 Å². The van der Waals surface area contributed by atoms with E-state index in [9.17, 15) is 18.4 Å². The van der Waals surface area contributed by atoms with Gasteiger partial charge in [-0.15, -0.1) is 11.8 Å². The molecule has 0 aliphatic carbocycles. The Hall–Kier alpha value is -2.91. The maximum absolute atomic E-state index is 14.8. The highest BCUT2D eigenvalue weighted by atomic mass is 35.5. The highest BCUT2D eigenvalue weighted by Crippen LogP contribution is 2.48. The fourth-order valence-corrected chi connectivity index (χ4v) is 6.55. The van der Waals surface area contributed by atoms with Gasteiger partial charge >= 0.3 is 5.69 Å². The summed E-state index contributed by atoms with van der Waals surface area (Å²) in [5.41, 5.74) is 0.862. The van der Waals surface area contributed by atoms with Gasteiger partial charge in [-0.25, -0.2) is 13.6 Å². The number of thioether (sulfide) groups is 1. The van der Waals surface area contributed by atoms with Crippen LogP contribution in [0, 0.1) is 11.6 Å². The zero-order valence-corrected chi connectivity index (χ0v) is 20.8. The molecule has 2 atom stereocenters. The fraction of sp³-hybridized carbons (Fsp3) is 0.320. The van der Waals surface area contributed by atoms with E-state index in [0.29, 0.717) is 57.6 Å². The SMILES string of the molecule is C=CC(=O)N1CCN(c2nc(=O)n3c4c(c(-c5ccc(F)cc5F)c(Cl)cc24)SC[C@H]3C)[C@@H](C)C1. The predicted molar refractivity (Wildman–Crippen MR) is 135 cm³/mol. The molecule has 182 valence electrons. The zero-order chi connectivity index (χ0) is 25.0. The third-order valence-electron chi connectivity index (χ3n) is 6.59. The van der Waals surface area contributed by atoms with Crippen LogP contribution in [0.2, 0.25) is 5.02 Å². The molecule has 2 aliphatic rings. The van der Waals surface area contributed by atoms with E-state index in [2.05, 4.69) is 11.6 Å². The molecule has 5 rings (SSSR count). The molecule has 35 heavy (non-hydrogen) atoms. The largest absolute Gasteiger partial charge is 0.350 e. The van der Waals surface area contributed by atoms with Crippen molar-refractivity contribution in [2.75, 3.05) is 30.3 Å². The number of hydrogen-bond donors (Lipinski definition) is 0. The Morgan fingerprint density at radius 2 is 2.00 bits per heavy atom. The van der Waals surface area contributed by atoms with Crippen molar-refractivity contribution in [1.82, 2.24) is 14.5 Å². The lowest BCUT2D eigenvalue weighted by Crippen LogP contribution is -2.54. The second-order valence-corrected chi connectivity index (χ2v) is 10.3. The molecule has 0 saturated carbocycles. The Morgan fingerprint density at radius 3 is 2.69 bits per heavy atom. The van der Waals surface area contributed by atoms with Gasteiger partial charge in [0.1, 0.15) is 17.5 Å². The molecule has 1 amide bonds. The summed E-state index contributed by atoms with van der Waals surface area (Å²) in [5.74, 6) is -0.465. The van der Waals surface area contributed by atoms with Crippen LogP contribution >= 0.6 is 23.4 Å². The molecule has 3 aromatic rings. The summed E-state index contributed by atoms with van der Waals surface area (Å²) in [5, 5.41) is 0.978. The van der Waals surface area contributed by atoms with E-state index in [1.165, 1.54) is 30.0 Å². The number of carbonyl (C=O) groups is 1. The minimum atomic E-state index is -0.721. The molecule has 10 heteroatoms. The molecule has 1 fully saturated rings. The Kier molecular flexibility index (Phi) is 6.09. The number of hydrogen-bond acceptors (Lipinski definition) is 5. The Bertz CT molecular complexity index is 1440. The number of aromatic nitrogens is 2. The monoisotopic (exact) mass is 516 g/mol. The first-order valence-corrected chi connectivity index (χ1v) is 12.6. The first kappa shape index (κ1) is 23.8. The fourth-order valence-electron chi connectivity index (χ4n) is 4.92. The van der Waals surface area contributed by atoms with Gasteiger partial charge in [0.05, 0.1) is 10.5 Å². The van der Waals surface area contributed by atoms with E-state index in [-0.39, 0.29) is 23.6 Å². The van der Waals surface area contributed by atoms with Crippen LogP contribution in [0.25, 0.3) is 22.0 Å². The lowest BCUT2D eigenvalue weighted by atomic mass is 10.0. The third-order valence-corrected chi connectivity index (χ3v) is 8.23. The van der Waals surface area contributed by atoms with Crippen LogP contribution in [0.15, 0.2) is 46.6 Å². The molecule has 1 saturated heterocycles. The zero-order valence-electron chi connectivity index (χ0n) is 19.2. The molecule has 0 unspecified atom stereocenters. The molecule has 3 heterocycles. The van der Waals surface area contributed by atoms with E-state index >= 15 is 0 Å². The number of halogens is 3. The van der Waals surface area contributed by atoms with Gasteiger partial charge in [0.25, 0.3) is 0 Å². The third kappa shape index (κ3) is 3.90. The molecule has 0 bridgehead atoms. The van der Waals surface area contributed by atoms with Crippen molar-refractivity contribution in [1.29, 1.82) is 0 Å². The molecular weight excluding hydrogens is 494 g/mol. The second kappa shape index (κ2) is 8.95. The number of piperazine rings is 1. The van der Waals surface area contributed by atoms with E-state index < -0.39 is 17.3 Å². The van der Waals surface area contributed by atoms with Crippen molar-refractivity contribution < 1.29 is 13.6 Å². The van der Waals surface area contributed by atoms with Crippen LogP contribution in [-0.4, -0.2) is 51.8 Å². The number of rotatable bonds is 3. The molecular formula is C25H23ClF2N4O2S. The van der Waals surface area contributed by atoms with Crippen LogP contribution in [0.4, 0.5) is 14.6 Å². The summed E-state index contributed by atoms with van der Waals surface area (Å²) >= 11 is 8.24. The number of amides is 1. The van der Waals surface area contributed by atoms with Crippen molar-refractivity contribution in [3.8, 4) is 11.1 Å². The summed E-state index contributed by atoms with van der Waals surface area (Å²) in [4.78, 5) is 34.2. The van der Waals surface area contributed by atoms with Crippen LogP contribution in [0.5, 0.6) is 0 Å². The van der Waals surface area contributed by atoms with Gasteiger partial charge in [0, 0.05) is 64.9 Å².